The van der Waals surface area contributed by atoms with E-state index in [0.29, 0.717) is 5.69 Å². The predicted octanol–water partition coefficient (Wildman–Crippen LogP) is 3.04. The highest BCUT2D eigenvalue weighted by Crippen LogP contribution is 2.24. The Morgan fingerprint density at radius 1 is 1.05 bits per heavy atom. The Balaban J connectivity index is 2.12. The van der Waals surface area contributed by atoms with Crippen molar-refractivity contribution in [3.63, 3.8) is 0 Å². The topological polar surface area (TPSA) is 98.7 Å². The van der Waals surface area contributed by atoms with Gasteiger partial charge in [-0.3, -0.25) is 0 Å². The molecule has 0 radical (unpaired) electrons. The van der Waals surface area contributed by atoms with Gasteiger partial charge in [0.25, 0.3) is 0 Å². The molecule has 0 saturated carbocycles. The molecule has 4 N–H and O–H groups in total. The minimum Gasteiger partial charge on any atom is -0.506 e. The third kappa shape index (κ3) is 3.73. The van der Waals surface area contributed by atoms with Crippen LogP contribution in [0.4, 0.5) is 16.2 Å². The molecule has 0 saturated heterocycles. The summed E-state index contributed by atoms with van der Waals surface area (Å²) < 4.78 is 0. The molecule has 0 aliphatic heterocycles. The van der Waals surface area contributed by atoms with Crippen LogP contribution in [0.1, 0.15) is 15.9 Å². The van der Waals surface area contributed by atoms with Gasteiger partial charge in [0, 0.05) is 5.69 Å². The van der Waals surface area contributed by atoms with E-state index in [-0.39, 0.29) is 17.0 Å². The van der Waals surface area contributed by atoms with Crippen LogP contribution in [0.3, 0.4) is 0 Å². The van der Waals surface area contributed by atoms with Gasteiger partial charge in [-0.1, -0.05) is 12.1 Å². The highest BCUT2D eigenvalue weighted by molar-refractivity contribution is 6.01. The lowest BCUT2D eigenvalue weighted by atomic mass is 10.2. The van der Waals surface area contributed by atoms with Gasteiger partial charge in [-0.2, -0.15) is 0 Å². The molecule has 0 aromatic heterocycles. The normalized spacial score (nSPS) is 9.95. The van der Waals surface area contributed by atoms with Gasteiger partial charge in [0.1, 0.15) is 5.75 Å². The van der Waals surface area contributed by atoms with Crippen molar-refractivity contribution in [2.45, 2.75) is 6.92 Å². The maximum atomic E-state index is 11.8. The molecule has 2 amide bonds. The smallest absolute Gasteiger partial charge is 0.335 e. The van der Waals surface area contributed by atoms with Crippen LogP contribution in [0.15, 0.2) is 42.5 Å². The number of hydrogen-bond acceptors (Lipinski definition) is 3. The number of nitrogens with one attached hydrogen (secondary N) is 2. The van der Waals surface area contributed by atoms with E-state index in [1.807, 2.05) is 13.0 Å². The molecule has 0 fully saturated rings. The Morgan fingerprint density at radius 2 is 1.81 bits per heavy atom. The zero-order chi connectivity index (χ0) is 15.4. The summed E-state index contributed by atoms with van der Waals surface area (Å²) >= 11 is 0. The molecule has 2 aromatic rings. The molecule has 6 heteroatoms. The number of carboxylic acid groups (broad SMARTS) is 1. The van der Waals surface area contributed by atoms with Crippen LogP contribution in [0.5, 0.6) is 5.75 Å². The number of aromatic hydroxyl groups is 1. The molecule has 108 valence electrons. The van der Waals surface area contributed by atoms with Gasteiger partial charge in [0.2, 0.25) is 0 Å². The second kappa shape index (κ2) is 5.96. The zero-order valence-electron chi connectivity index (χ0n) is 11.3. The van der Waals surface area contributed by atoms with Crippen LogP contribution in [0.2, 0.25) is 0 Å². The number of carbonyl (C=O) groups is 2. The summed E-state index contributed by atoms with van der Waals surface area (Å²) in [4.78, 5) is 22.7. The van der Waals surface area contributed by atoms with Crippen LogP contribution >= 0.6 is 0 Å². The quantitative estimate of drug-likeness (QED) is 0.652. The molecule has 0 heterocycles. The van der Waals surface area contributed by atoms with Crippen molar-refractivity contribution in [3.8, 4) is 5.75 Å². The highest BCUT2D eigenvalue weighted by Gasteiger charge is 2.10. The molecule has 0 aliphatic rings. The van der Waals surface area contributed by atoms with Gasteiger partial charge in [-0.15, -0.1) is 0 Å². The van der Waals surface area contributed by atoms with E-state index in [4.69, 9.17) is 5.11 Å². The largest absolute Gasteiger partial charge is 0.506 e. The maximum Gasteiger partial charge on any atom is 0.335 e. The van der Waals surface area contributed by atoms with Crippen LogP contribution in [0.25, 0.3) is 0 Å². The van der Waals surface area contributed by atoms with E-state index in [1.54, 1.807) is 18.2 Å². The molecule has 21 heavy (non-hydrogen) atoms. The number of amides is 2. The molecule has 6 nitrogen and oxygen atoms in total. The Hall–Kier alpha value is -3.02. The van der Waals surface area contributed by atoms with Gasteiger partial charge in [0.15, 0.2) is 0 Å². The Labute approximate surface area is 121 Å². The first kappa shape index (κ1) is 14.4. The second-order valence-corrected chi connectivity index (χ2v) is 4.49. The Morgan fingerprint density at radius 3 is 2.48 bits per heavy atom. The molecule has 0 atom stereocenters. The lowest BCUT2D eigenvalue weighted by Gasteiger charge is -2.10. The van der Waals surface area contributed by atoms with E-state index in [9.17, 15) is 14.7 Å². The molecule has 2 rings (SSSR count). The van der Waals surface area contributed by atoms with Crippen LogP contribution < -0.4 is 10.6 Å². The van der Waals surface area contributed by atoms with E-state index in [1.165, 1.54) is 18.2 Å². The lowest BCUT2D eigenvalue weighted by Crippen LogP contribution is -2.19. The van der Waals surface area contributed by atoms with Gasteiger partial charge in [-0.05, 0) is 42.8 Å². The summed E-state index contributed by atoms with van der Waals surface area (Å²) in [6.45, 7) is 1.89. The number of phenols is 1. The number of phenolic OH excluding ortho intramolecular Hbond substituents is 1. The summed E-state index contributed by atoms with van der Waals surface area (Å²) in [5.74, 6) is -1.35. The Bertz CT molecular complexity index is 698. The summed E-state index contributed by atoms with van der Waals surface area (Å²) in [6, 6.07) is 10.3. The van der Waals surface area contributed by atoms with Gasteiger partial charge in [-0.25, -0.2) is 9.59 Å². The highest BCUT2D eigenvalue weighted by atomic mass is 16.4. The van der Waals surface area contributed by atoms with E-state index >= 15 is 0 Å². The third-order valence-corrected chi connectivity index (χ3v) is 2.77. The average Bonchev–Trinajstić information content (AvgIpc) is 2.41. The molecule has 0 unspecified atom stereocenters. The second-order valence-electron chi connectivity index (χ2n) is 4.49. The lowest BCUT2D eigenvalue weighted by molar-refractivity contribution is 0.0697. The number of aryl methyl sites for hydroxylation is 1. The standard InChI is InChI=1S/C15H14N2O4/c1-9-3-2-4-11(7-9)16-15(21)17-12-8-10(14(19)20)5-6-13(12)18/h2-8,18H,1H3,(H,19,20)(H2,16,17,21). The number of aromatic carboxylic acids is 1. The van der Waals surface area contributed by atoms with Crippen molar-refractivity contribution in [1.82, 2.24) is 0 Å². The molecule has 0 bridgehead atoms. The zero-order valence-corrected chi connectivity index (χ0v) is 11.3. The number of carbonyl (C=O) groups excluding carboxylic acids is 1. The molecule has 2 aromatic carbocycles. The first-order valence-corrected chi connectivity index (χ1v) is 6.16. The van der Waals surface area contributed by atoms with Crippen molar-refractivity contribution < 1.29 is 19.8 Å². The summed E-state index contributed by atoms with van der Waals surface area (Å²) in [5.41, 5.74) is 1.59. The Kier molecular flexibility index (Phi) is 4.08. The van der Waals surface area contributed by atoms with E-state index in [2.05, 4.69) is 10.6 Å². The summed E-state index contributed by atoms with van der Waals surface area (Å²) in [5, 5.41) is 23.5. The van der Waals surface area contributed by atoms with Gasteiger partial charge in [0.05, 0.1) is 11.3 Å². The van der Waals surface area contributed by atoms with Crippen molar-refractivity contribution in [3.05, 3.63) is 53.6 Å². The fourth-order valence-corrected chi connectivity index (χ4v) is 1.78. The number of hydrogen-bond donors (Lipinski definition) is 4. The number of carboxylic acids is 1. The molecule has 0 aliphatic carbocycles. The number of rotatable bonds is 3. The predicted molar refractivity (Wildman–Crippen MR) is 78.9 cm³/mol. The average molecular weight is 286 g/mol. The van der Waals surface area contributed by atoms with E-state index in [0.717, 1.165) is 5.56 Å². The SMILES string of the molecule is Cc1cccc(NC(=O)Nc2cc(C(=O)O)ccc2O)c1. The van der Waals surface area contributed by atoms with Crippen molar-refractivity contribution in [2.24, 2.45) is 0 Å². The fraction of sp³-hybridized carbons (Fsp3) is 0.0667. The summed E-state index contributed by atoms with van der Waals surface area (Å²) in [6.07, 6.45) is 0. The van der Waals surface area contributed by atoms with Crippen molar-refractivity contribution in [2.75, 3.05) is 10.6 Å². The first-order valence-electron chi connectivity index (χ1n) is 6.16. The fourth-order valence-electron chi connectivity index (χ4n) is 1.78. The maximum absolute atomic E-state index is 11.8. The molecular formula is C15H14N2O4. The summed E-state index contributed by atoms with van der Waals surface area (Å²) in [7, 11) is 0. The monoisotopic (exact) mass is 286 g/mol. The van der Waals surface area contributed by atoms with Gasteiger partial charge >= 0.3 is 12.0 Å². The first-order chi connectivity index (χ1) is 9.95. The molecule has 0 spiro atoms. The number of urea groups is 1. The van der Waals surface area contributed by atoms with Crippen LogP contribution in [-0.2, 0) is 0 Å². The van der Waals surface area contributed by atoms with Gasteiger partial charge < -0.3 is 20.8 Å². The van der Waals surface area contributed by atoms with Crippen LogP contribution in [-0.4, -0.2) is 22.2 Å². The van der Waals surface area contributed by atoms with Crippen molar-refractivity contribution in [1.29, 1.82) is 0 Å². The molecular weight excluding hydrogens is 272 g/mol. The number of anilines is 2. The van der Waals surface area contributed by atoms with E-state index < -0.39 is 12.0 Å². The third-order valence-electron chi connectivity index (χ3n) is 2.77. The van der Waals surface area contributed by atoms with Crippen molar-refractivity contribution >= 4 is 23.4 Å². The minimum absolute atomic E-state index is 0.0278. The number of benzene rings is 2. The minimum atomic E-state index is -1.14. The van der Waals surface area contributed by atoms with Crippen LogP contribution in [0, 0.1) is 6.92 Å².